The summed E-state index contributed by atoms with van der Waals surface area (Å²) in [5, 5.41) is 15.4. The third-order valence-electron chi connectivity index (χ3n) is 2.68. The predicted octanol–water partition coefficient (Wildman–Crippen LogP) is 3.67. The van der Waals surface area contributed by atoms with Crippen LogP contribution in [0.2, 0.25) is 10.0 Å². The van der Waals surface area contributed by atoms with Gasteiger partial charge in [-0.15, -0.1) is 0 Å². The van der Waals surface area contributed by atoms with Crippen molar-refractivity contribution in [1.82, 2.24) is 5.43 Å². The number of nitrogens with zero attached hydrogens (tertiary/aromatic N) is 2. The summed E-state index contributed by atoms with van der Waals surface area (Å²) >= 11 is 11.7. The van der Waals surface area contributed by atoms with E-state index in [9.17, 15) is 14.9 Å². The molecule has 0 unspecified atom stereocenters. The van der Waals surface area contributed by atoms with Crippen molar-refractivity contribution in [3.8, 4) is 0 Å². The monoisotopic (exact) mass is 337 g/mol. The van der Waals surface area contributed by atoms with Gasteiger partial charge in [-0.3, -0.25) is 14.9 Å². The van der Waals surface area contributed by atoms with Crippen LogP contribution in [0.15, 0.2) is 47.6 Å². The average molecular weight is 338 g/mol. The minimum absolute atomic E-state index is 0.0770. The molecule has 0 atom stereocenters. The molecule has 22 heavy (non-hydrogen) atoms. The van der Waals surface area contributed by atoms with E-state index in [1.807, 2.05) is 0 Å². The second-order valence-corrected chi connectivity index (χ2v) is 4.98. The SMILES string of the molecule is O=C(N/N=C/c1ccc(Cl)cc1Cl)c1ccccc1[N+](=O)[O-]. The van der Waals surface area contributed by atoms with E-state index in [0.717, 1.165) is 0 Å². The Morgan fingerprint density at radius 1 is 1.23 bits per heavy atom. The number of para-hydroxylation sites is 1. The Morgan fingerprint density at radius 3 is 2.64 bits per heavy atom. The first kappa shape index (κ1) is 15.9. The lowest BCUT2D eigenvalue weighted by Crippen LogP contribution is -2.18. The third-order valence-corrected chi connectivity index (χ3v) is 3.24. The largest absolute Gasteiger partial charge is 0.282 e. The zero-order valence-electron chi connectivity index (χ0n) is 11.0. The van der Waals surface area contributed by atoms with Crippen LogP contribution in [-0.4, -0.2) is 17.0 Å². The molecule has 0 heterocycles. The van der Waals surface area contributed by atoms with Gasteiger partial charge in [-0.2, -0.15) is 5.10 Å². The molecule has 0 aromatic heterocycles. The van der Waals surface area contributed by atoms with Crippen LogP contribution >= 0.6 is 23.2 Å². The van der Waals surface area contributed by atoms with E-state index in [2.05, 4.69) is 10.5 Å². The standard InChI is InChI=1S/C14H9Cl2N3O3/c15-10-6-5-9(12(16)7-10)8-17-18-14(20)11-3-1-2-4-13(11)19(21)22/h1-8H,(H,18,20)/b17-8+. The maximum Gasteiger partial charge on any atom is 0.282 e. The van der Waals surface area contributed by atoms with Crippen LogP contribution in [0.1, 0.15) is 15.9 Å². The number of hydrogen-bond donors (Lipinski definition) is 1. The zero-order chi connectivity index (χ0) is 16.1. The molecule has 2 aromatic rings. The Labute approximate surface area is 135 Å². The number of carbonyl (C=O) groups excluding carboxylic acids is 1. The highest BCUT2D eigenvalue weighted by atomic mass is 35.5. The van der Waals surface area contributed by atoms with E-state index in [0.29, 0.717) is 15.6 Å². The Kier molecular flexibility index (Phi) is 5.08. The van der Waals surface area contributed by atoms with Crippen LogP contribution in [0.25, 0.3) is 0 Å². The number of amides is 1. The summed E-state index contributed by atoms with van der Waals surface area (Å²) in [6.07, 6.45) is 1.32. The average Bonchev–Trinajstić information content (AvgIpc) is 2.49. The minimum Gasteiger partial charge on any atom is -0.267 e. The Hall–Kier alpha value is -2.44. The number of carbonyl (C=O) groups is 1. The number of hydrogen-bond acceptors (Lipinski definition) is 4. The van der Waals surface area contributed by atoms with Gasteiger partial charge in [0.25, 0.3) is 11.6 Å². The van der Waals surface area contributed by atoms with Crippen molar-refractivity contribution in [3.63, 3.8) is 0 Å². The molecular formula is C14H9Cl2N3O3. The molecule has 0 radical (unpaired) electrons. The van der Waals surface area contributed by atoms with Gasteiger partial charge < -0.3 is 0 Å². The molecule has 0 spiro atoms. The highest BCUT2D eigenvalue weighted by Gasteiger charge is 2.18. The fourth-order valence-corrected chi connectivity index (χ4v) is 2.11. The maximum absolute atomic E-state index is 11.9. The second kappa shape index (κ2) is 7.02. The van der Waals surface area contributed by atoms with Crippen LogP contribution < -0.4 is 5.43 Å². The van der Waals surface area contributed by atoms with Gasteiger partial charge in [0, 0.05) is 16.7 Å². The summed E-state index contributed by atoms with van der Waals surface area (Å²) in [6.45, 7) is 0. The number of nitro benzene ring substituents is 1. The second-order valence-electron chi connectivity index (χ2n) is 4.14. The molecule has 0 aliphatic carbocycles. The first-order chi connectivity index (χ1) is 10.5. The van der Waals surface area contributed by atoms with Crippen LogP contribution in [0.5, 0.6) is 0 Å². The number of rotatable bonds is 4. The van der Waals surface area contributed by atoms with Crippen molar-refractivity contribution >= 4 is 41.0 Å². The van der Waals surface area contributed by atoms with Crippen molar-refractivity contribution in [2.45, 2.75) is 0 Å². The van der Waals surface area contributed by atoms with Crippen LogP contribution in [0.3, 0.4) is 0 Å². The van der Waals surface area contributed by atoms with E-state index >= 15 is 0 Å². The number of halogens is 2. The molecule has 0 saturated carbocycles. The van der Waals surface area contributed by atoms with Crippen LogP contribution in [-0.2, 0) is 0 Å². The zero-order valence-corrected chi connectivity index (χ0v) is 12.5. The van der Waals surface area contributed by atoms with Gasteiger partial charge in [0.15, 0.2) is 0 Å². The molecule has 0 saturated heterocycles. The molecule has 0 fully saturated rings. The van der Waals surface area contributed by atoms with E-state index in [1.54, 1.807) is 12.1 Å². The molecule has 0 aliphatic heterocycles. The lowest BCUT2D eigenvalue weighted by molar-refractivity contribution is -0.385. The van der Waals surface area contributed by atoms with E-state index in [-0.39, 0.29) is 11.3 Å². The summed E-state index contributed by atoms with van der Waals surface area (Å²) in [4.78, 5) is 22.1. The van der Waals surface area contributed by atoms with Gasteiger partial charge in [-0.05, 0) is 18.2 Å². The number of hydrazone groups is 1. The maximum atomic E-state index is 11.9. The van der Waals surface area contributed by atoms with Gasteiger partial charge in [0.2, 0.25) is 0 Å². The van der Waals surface area contributed by atoms with E-state index in [4.69, 9.17) is 23.2 Å². The normalized spacial score (nSPS) is 10.6. The number of nitrogens with one attached hydrogen (secondary N) is 1. The Morgan fingerprint density at radius 2 is 1.95 bits per heavy atom. The Bertz CT molecular complexity index is 763. The van der Waals surface area contributed by atoms with Crippen molar-refractivity contribution in [2.75, 3.05) is 0 Å². The summed E-state index contributed by atoms with van der Waals surface area (Å²) in [7, 11) is 0. The molecule has 112 valence electrons. The lowest BCUT2D eigenvalue weighted by atomic mass is 10.2. The van der Waals surface area contributed by atoms with Gasteiger partial charge >= 0.3 is 0 Å². The van der Waals surface area contributed by atoms with Crippen LogP contribution in [0, 0.1) is 10.1 Å². The summed E-state index contributed by atoms with van der Waals surface area (Å²) in [6, 6.07) is 10.4. The van der Waals surface area contributed by atoms with Crippen LogP contribution in [0.4, 0.5) is 5.69 Å². The van der Waals surface area contributed by atoms with Crippen molar-refractivity contribution < 1.29 is 9.72 Å². The van der Waals surface area contributed by atoms with Crippen molar-refractivity contribution in [2.24, 2.45) is 5.10 Å². The van der Waals surface area contributed by atoms with Crippen molar-refractivity contribution in [1.29, 1.82) is 0 Å². The lowest BCUT2D eigenvalue weighted by Gasteiger charge is -2.01. The summed E-state index contributed by atoms with van der Waals surface area (Å²) in [5.41, 5.74) is 2.40. The van der Waals surface area contributed by atoms with Gasteiger partial charge in [0.1, 0.15) is 5.56 Å². The fourth-order valence-electron chi connectivity index (χ4n) is 1.65. The topological polar surface area (TPSA) is 84.6 Å². The fraction of sp³-hybridized carbons (Fsp3) is 0. The molecular weight excluding hydrogens is 329 g/mol. The molecule has 6 nitrogen and oxygen atoms in total. The van der Waals surface area contributed by atoms with Gasteiger partial charge in [0.05, 0.1) is 16.2 Å². The molecule has 2 rings (SSSR count). The predicted molar refractivity (Wildman–Crippen MR) is 84.6 cm³/mol. The smallest absolute Gasteiger partial charge is 0.267 e. The summed E-state index contributed by atoms with van der Waals surface area (Å²) in [5.74, 6) is -0.686. The molecule has 8 heteroatoms. The molecule has 2 aromatic carbocycles. The quantitative estimate of drug-likeness (QED) is 0.524. The summed E-state index contributed by atoms with van der Waals surface area (Å²) < 4.78 is 0. The highest BCUT2D eigenvalue weighted by molar-refractivity contribution is 6.36. The Balaban J connectivity index is 2.13. The van der Waals surface area contributed by atoms with Gasteiger partial charge in [-0.1, -0.05) is 41.4 Å². The highest BCUT2D eigenvalue weighted by Crippen LogP contribution is 2.19. The first-order valence-corrected chi connectivity index (χ1v) is 6.76. The number of nitro groups is 1. The number of benzene rings is 2. The first-order valence-electron chi connectivity index (χ1n) is 6.01. The molecule has 1 N–H and O–H groups in total. The van der Waals surface area contributed by atoms with Gasteiger partial charge in [-0.25, -0.2) is 5.43 Å². The minimum atomic E-state index is -0.686. The molecule has 0 aliphatic rings. The van der Waals surface area contributed by atoms with E-state index in [1.165, 1.54) is 36.5 Å². The molecule has 0 bridgehead atoms. The molecule has 1 amide bonds. The van der Waals surface area contributed by atoms with Crippen molar-refractivity contribution in [3.05, 3.63) is 73.8 Å². The van der Waals surface area contributed by atoms with E-state index < -0.39 is 10.8 Å². The third kappa shape index (κ3) is 3.81.